The molecule has 44 heavy (non-hydrogen) atoms. The van der Waals surface area contributed by atoms with E-state index in [0.29, 0.717) is 23.6 Å². The van der Waals surface area contributed by atoms with Crippen LogP contribution in [0.1, 0.15) is 78.0 Å². The van der Waals surface area contributed by atoms with Gasteiger partial charge in [0.1, 0.15) is 17.7 Å². The molecule has 0 fully saturated rings. The maximum atomic E-state index is 14.4. The zero-order chi connectivity index (χ0) is 32.6. The van der Waals surface area contributed by atoms with Crippen LogP contribution in [0.5, 0.6) is 0 Å². The molecule has 4 amide bonds. The number of amides is 4. The van der Waals surface area contributed by atoms with Crippen LogP contribution in [0.4, 0.5) is 10.5 Å². The number of anilines is 1. The van der Waals surface area contributed by atoms with Crippen LogP contribution in [0, 0.1) is 12.8 Å². The van der Waals surface area contributed by atoms with Gasteiger partial charge in [-0.25, -0.2) is 4.79 Å². The average molecular weight is 603 g/mol. The normalized spacial score (nSPS) is 13.5. The highest BCUT2D eigenvalue weighted by Crippen LogP contribution is 2.30. The van der Waals surface area contributed by atoms with E-state index in [-0.39, 0.29) is 0 Å². The summed E-state index contributed by atoms with van der Waals surface area (Å²) in [5.41, 5.74) is 6.87. The summed E-state index contributed by atoms with van der Waals surface area (Å²) in [5, 5.41) is 7.55. The second kappa shape index (κ2) is 14.9. The predicted octanol–water partition coefficient (Wildman–Crippen LogP) is 6.25. The number of carbonyl (C=O) groups is 4. The van der Waals surface area contributed by atoms with Gasteiger partial charge in [0.25, 0.3) is 5.91 Å². The quantitative estimate of drug-likeness (QED) is 0.226. The summed E-state index contributed by atoms with van der Waals surface area (Å²) >= 11 is 0. The molecule has 0 aliphatic heterocycles. The maximum absolute atomic E-state index is 14.4. The Hall–Kier alpha value is -4.40. The van der Waals surface area contributed by atoms with Crippen LogP contribution >= 0.6 is 0 Å². The molecule has 3 rings (SSSR count). The number of aryl methyl sites for hydroxylation is 1. The Balaban J connectivity index is 2.09. The molecule has 0 radical (unpaired) electrons. The Kier molecular flexibility index (Phi) is 11.5. The number of nitrogens with zero attached hydrogens (tertiary/aromatic N) is 1. The minimum atomic E-state index is -1.34. The van der Waals surface area contributed by atoms with Crippen molar-refractivity contribution in [1.82, 2.24) is 10.2 Å². The molecule has 0 aliphatic carbocycles. The zero-order valence-electron chi connectivity index (χ0n) is 26.8. The van der Waals surface area contributed by atoms with E-state index < -0.39 is 54.0 Å². The van der Waals surface area contributed by atoms with Gasteiger partial charge in [0.2, 0.25) is 11.8 Å². The molecule has 0 saturated carbocycles. The Morgan fingerprint density at radius 3 is 2.11 bits per heavy atom. The van der Waals surface area contributed by atoms with Gasteiger partial charge in [0, 0.05) is 11.7 Å². The first-order chi connectivity index (χ1) is 20.6. The molecule has 0 aliphatic rings. The van der Waals surface area contributed by atoms with E-state index in [9.17, 15) is 19.2 Å². The second-order valence-electron chi connectivity index (χ2n) is 12.8. The molecule has 3 unspecified atom stereocenters. The van der Waals surface area contributed by atoms with E-state index in [1.54, 1.807) is 20.8 Å². The molecule has 3 atom stereocenters. The highest BCUT2D eigenvalue weighted by molar-refractivity contribution is 6.01. The summed E-state index contributed by atoms with van der Waals surface area (Å²) < 4.78 is 5.39. The van der Waals surface area contributed by atoms with Crippen molar-refractivity contribution in [3.8, 4) is 0 Å². The van der Waals surface area contributed by atoms with Gasteiger partial charge in [0.05, 0.1) is 6.42 Å². The number of hydrogen-bond acceptors (Lipinski definition) is 5. The number of ether oxygens (including phenoxy) is 1. The number of rotatable bonds is 12. The van der Waals surface area contributed by atoms with Crippen molar-refractivity contribution < 1.29 is 23.9 Å². The fraction of sp³-hybridized carbons (Fsp3) is 0.429. The molecule has 0 bridgehead atoms. The number of benzene rings is 3. The number of primary amides is 1. The van der Waals surface area contributed by atoms with Crippen molar-refractivity contribution >= 4 is 40.3 Å². The topological polar surface area (TPSA) is 131 Å². The van der Waals surface area contributed by atoms with Crippen LogP contribution in [0.25, 0.3) is 10.8 Å². The fourth-order valence-corrected chi connectivity index (χ4v) is 5.01. The molecule has 0 heterocycles. The van der Waals surface area contributed by atoms with Crippen LogP contribution in [0.2, 0.25) is 0 Å². The molecular formula is C35H46N4O5. The fourth-order valence-electron chi connectivity index (χ4n) is 5.01. The van der Waals surface area contributed by atoms with E-state index in [4.69, 9.17) is 10.5 Å². The van der Waals surface area contributed by atoms with Crippen molar-refractivity contribution in [2.24, 2.45) is 11.7 Å². The molecule has 0 saturated heterocycles. The van der Waals surface area contributed by atoms with E-state index in [0.717, 1.165) is 22.8 Å². The lowest BCUT2D eigenvalue weighted by Gasteiger charge is -2.38. The molecule has 3 aromatic rings. The molecule has 3 aromatic carbocycles. The number of fused-ring (bicyclic) bond motifs is 1. The summed E-state index contributed by atoms with van der Waals surface area (Å²) in [4.78, 5) is 55.1. The highest BCUT2D eigenvalue weighted by atomic mass is 16.6. The van der Waals surface area contributed by atoms with Gasteiger partial charge in [0.15, 0.2) is 0 Å². The monoisotopic (exact) mass is 602 g/mol. The van der Waals surface area contributed by atoms with Crippen molar-refractivity contribution in [2.75, 3.05) is 5.32 Å². The van der Waals surface area contributed by atoms with Gasteiger partial charge in [-0.3, -0.25) is 14.4 Å². The summed E-state index contributed by atoms with van der Waals surface area (Å²) in [6.07, 6.45) is 0.0560. The van der Waals surface area contributed by atoms with Gasteiger partial charge in [-0.05, 0) is 81.8 Å². The molecule has 4 N–H and O–H groups in total. The Morgan fingerprint density at radius 1 is 0.886 bits per heavy atom. The maximum Gasteiger partial charge on any atom is 0.408 e. The molecular weight excluding hydrogens is 556 g/mol. The lowest BCUT2D eigenvalue weighted by atomic mass is 9.96. The van der Waals surface area contributed by atoms with Gasteiger partial charge in [-0.2, -0.15) is 0 Å². The molecule has 236 valence electrons. The zero-order valence-corrected chi connectivity index (χ0v) is 26.8. The van der Waals surface area contributed by atoms with Gasteiger partial charge >= 0.3 is 6.09 Å². The summed E-state index contributed by atoms with van der Waals surface area (Å²) in [5.74, 6) is -1.46. The van der Waals surface area contributed by atoms with E-state index in [1.165, 1.54) is 4.90 Å². The number of nitrogens with one attached hydrogen (secondary N) is 2. The van der Waals surface area contributed by atoms with Crippen LogP contribution in [-0.4, -0.2) is 46.4 Å². The SMILES string of the molecule is Cc1ccc(C(C(=O)Nc2ccc3ccccc3c2)N(C(=O)C(CC(N)=O)NC(=O)OC(C)(C)C)C(C)CCC(C)C)cc1. The average Bonchev–Trinajstić information content (AvgIpc) is 2.93. The summed E-state index contributed by atoms with van der Waals surface area (Å²) in [7, 11) is 0. The smallest absolute Gasteiger partial charge is 0.408 e. The Labute approximate surface area is 260 Å². The largest absolute Gasteiger partial charge is 0.444 e. The minimum Gasteiger partial charge on any atom is -0.444 e. The van der Waals surface area contributed by atoms with Gasteiger partial charge in [-0.1, -0.05) is 74.0 Å². The minimum absolute atomic E-state index is 0.347. The Bertz CT molecular complexity index is 1460. The van der Waals surface area contributed by atoms with E-state index in [2.05, 4.69) is 24.5 Å². The molecule has 9 nitrogen and oxygen atoms in total. The van der Waals surface area contributed by atoms with Crippen LogP contribution in [0.15, 0.2) is 66.7 Å². The first-order valence-corrected chi connectivity index (χ1v) is 15.1. The van der Waals surface area contributed by atoms with E-state index in [1.807, 2.05) is 80.6 Å². The van der Waals surface area contributed by atoms with Crippen molar-refractivity contribution in [3.05, 3.63) is 77.9 Å². The standard InChI is InChI=1S/C35H46N4O5/c1-22(2)12-15-24(4)39(33(42)29(21-30(36)40)38-34(43)44-35(5,6)7)31(26-16-13-23(3)14-17-26)32(41)37-28-19-18-25-10-8-9-11-27(25)20-28/h8-11,13-14,16-20,22,24,29,31H,12,15,21H2,1-7H3,(H2,36,40)(H,37,41)(H,38,43). The summed E-state index contributed by atoms with van der Waals surface area (Å²) in [6, 6.07) is 18.0. The van der Waals surface area contributed by atoms with E-state index >= 15 is 0 Å². The molecule has 0 spiro atoms. The number of carbonyl (C=O) groups excluding carboxylic acids is 4. The molecule has 9 heteroatoms. The second-order valence-corrected chi connectivity index (χ2v) is 12.8. The summed E-state index contributed by atoms with van der Waals surface area (Å²) in [6.45, 7) is 13.1. The van der Waals surface area contributed by atoms with Crippen LogP contribution < -0.4 is 16.4 Å². The lowest BCUT2D eigenvalue weighted by molar-refractivity contribution is -0.144. The van der Waals surface area contributed by atoms with Crippen molar-refractivity contribution in [1.29, 1.82) is 0 Å². The van der Waals surface area contributed by atoms with Crippen LogP contribution in [-0.2, 0) is 19.1 Å². The number of nitrogens with two attached hydrogens (primary N) is 1. The van der Waals surface area contributed by atoms with Gasteiger partial charge in [-0.15, -0.1) is 0 Å². The van der Waals surface area contributed by atoms with Gasteiger partial charge < -0.3 is 26.0 Å². The van der Waals surface area contributed by atoms with Crippen molar-refractivity contribution in [2.45, 2.75) is 91.5 Å². The molecule has 0 aromatic heterocycles. The first-order valence-electron chi connectivity index (χ1n) is 15.1. The Morgan fingerprint density at radius 2 is 1.52 bits per heavy atom. The first kappa shape index (κ1) is 34.1. The van der Waals surface area contributed by atoms with Crippen LogP contribution in [0.3, 0.4) is 0 Å². The van der Waals surface area contributed by atoms with Crippen molar-refractivity contribution in [3.63, 3.8) is 0 Å². The highest BCUT2D eigenvalue weighted by Gasteiger charge is 2.39. The third kappa shape index (κ3) is 9.82. The predicted molar refractivity (Wildman–Crippen MR) is 174 cm³/mol. The number of alkyl carbamates (subject to hydrolysis) is 1. The third-order valence-electron chi connectivity index (χ3n) is 7.22. The lowest BCUT2D eigenvalue weighted by Crippen LogP contribution is -2.55. The number of hydrogen-bond donors (Lipinski definition) is 3. The third-order valence-corrected chi connectivity index (χ3v) is 7.22.